The second kappa shape index (κ2) is 5.14. The maximum atomic E-state index is 12.1. The summed E-state index contributed by atoms with van der Waals surface area (Å²) in [4.78, 5) is 0.953. The molecule has 0 fully saturated rings. The molecule has 0 spiro atoms. The fraction of sp³-hybridized carbons (Fsp3) is 0.444. The van der Waals surface area contributed by atoms with Gasteiger partial charge in [-0.3, -0.25) is 0 Å². The molecule has 2 nitrogen and oxygen atoms in total. The molecule has 1 N–H and O–H groups in total. The molecule has 1 rings (SSSR count). The van der Waals surface area contributed by atoms with Gasteiger partial charge in [0.05, 0.1) is 6.07 Å². The Kier molecular flexibility index (Phi) is 4.12. The fourth-order valence-electron chi connectivity index (χ4n) is 0.987. The van der Waals surface area contributed by atoms with Crippen LogP contribution in [0, 0.1) is 17.2 Å². The predicted octanol–water partition coefficient (Wildman–Crippen LogP) is 2.54. The van der Waals surface area contributed by atoms with Crippen LogP contribution in [0.3, 0.4) is 0 Å². The summed E-state index contributed by atoms with van der Waals surface area (Å²) in [6.45, 7) is 0.00380. The van der Waals surface area contributed by atoms with E-state index in [2.05, 4.69) is 5.32 Å². The summed E-state index contributed by atoms with van der Waals surface area (Å²) < 4.78 is 36.4. The predicted molar refractivity (Wildman–Crippen MR) is 51.2 cm³/mol. The summed E-state index contributed by atoms with van der Waals surface area (Å²) in [5.74, 6) is -1.93. The molecule has 15 heavy (non-hydrogen) atoms. The lowest BCUT2D eigenvalue weighted by Crippen LogP contribution is -2.32. The van der Waals surface area contributed by atoms with E-state index in [1.807, 2.05) is 17.5 Å². The number of rotatable bonds is 4. The van der Waals surface area contributed by atoms with E-state index in [4.69, 9.17) is 5.26 Å². The van der Waals surface area contributed by atoms with Gasteiger partial charge in [-0.25, -0.2) is 0 Å². The molecule has 82 valence electrons. The number of halogens is 3. The molecule has 1 unspecified atom stereocenters. The van der Waals surface area contributed by atoms with Gasteiger partial charge in [0.15, 0.2) is 5.92 Å². The lowest BCUT2D eigenvalue weighted by atomic mass is 10.1. The second-order valence-corrected chi connectivity index (χ2v) is 3.97. The zero-order chi connectivity index (χ0) is 11.3. The van der Waals surface area contributed by atoms with Gasteiger partial charge in [-0.2, -0.15) is 18.4 Å². The van der Waals surface area contributed by atoms with Crippen LogP contribution in [-0.2, 0) is 6.54 Å². The van der Waals surface area contributed by atoms with Crippen LogP contribution in [0.15, 0.2) is 17.5 Å². The summed E-state index contributed by atoms with van der Waals surface area (Å²) in [5, 5.41) is 12.8. The Labute approximate surface area is 89.3 Å². The third-order valence-electron chi connectivity index (χ3n) is 1.78. The Balaban J connectivity index is 2.34. The van der Waals surface area contributed by atoms with E-state index in [9.17, 15) is 13.2 Å². The van der Waals surface area contributed by atoms with Crippen LogP contribution in [0.4, 0.5) is 13.2 Å². The Hall–Kier alpha value is -1.06. The molecule has 6 heteroatoms. The van der Waals surface area contributed by atoms with Crippen molar-refractivity contribution in [3.63, 3.8) is 0 Å². The molecule has 1 heterocycles. The summed E-state index contributed by atoms with van der Waals surface area (Å²) in [6, 6.07) is 4.89. The molecule has 0 aliphatic carbocycles. The van der Waals surface area contributed by atoms with Gasteiger partial charge >= 0.3 is 6.18 Å². The zero-order valence-corrected chi connectivity index (χ0v) is 8.53. The lowest BCUT2D eigenvalue weighted by Gasteiger charge is -2.13. The number of hydrogen-bond acceptors (Lipinski definition) is 3. The average Bonchev–Trinajstić information content (AvgIpc) is 2.62. The van der Waals surface area contributed by atoms with E-state index in [1.165, 1.54) is 17.4 Å². The maximum Gasteiger partial charge on any atom is 0.405 e. The molecule has 1 aromatic rings. The van der Waals surface area contributed by atoms with E-state index in [0.29, 0.717) is 6.54 Å². The van der Waals surface area contributed by atoms with Crippen molar-refractivity contribution >= 4 is 11.3 Å². The topological polar surface area (TPSA) is 35.8 Å². The largest absolute Gasteiger partial charge is 0.405 e. The lowest BCUT2D eigenvalue weighted by molar-refractivity contribution is -0.157. The number of nitrogens with one attached hydrogen (secondary N) is 1. The Morgan fingerprint density at radius 3 is 2.73 bits per heavy atom. The average molecular weight is 234 g/mol. The third kappa shape index (κ3) is 3.90. The minimum Gasteiger partial charge on any atom is -0.310 e. The van der Waals surface area contributed by atoms with Crippen LogP contribution in [0.1, 0.15) is 4.88 Å². The number of nitrogens with zero attached hydrogens (tertiary/aromatic N) is 1. The van der Waals surface area contributed by atoms with Gasteiger partial charge in [0.25, 0.3) is 0 Å². The monoisotopic (exact) mass is 234 g/mol. The third-order valence-corrected chi connectivity index (χ3v) is 2.66. The van der Waals surface area contributed by atoms with Gasteiger partial charge in [-0.15, -0.1) is 11.3 Å². The first-order valence-corrected chi connectivity index (χ1v) is 5.11. The molecule has 0 bridgehead atoms. The van der Waals surface area contributed by atoms with Gasteiger partial charge in [0, 0.05) is 18.0 Å². The summed E-state index contributed by atoms with van der Waals surface area (Å²) in [5.41, 5.74) is 0. The molecular weight excluding hydrogens is 225 g/mol. The van der Waals surface area contributed by atoms with Crippen molar-refractivity contribution in [1.29, 1.82) is 5.26 Å². The summed E-state index contributed by atoms with van der Waals surface area (Å²) >= 11 is 1.46. The van der Waals surface area contributed by atoms with E-state index < -0.39 is 12.1 Å². The Bertz CT molecular complexity index is 326. The van der Waals surface area contributed by atoms with Crippen molar-refractivity contribution in [2.45, 2.75) is 12.7 Å². The highest BCUT2D eigenvalue weighted by atomic mass is 32.1. The molecular formula is C9H9F3N2S. The molecule has 0 saturated heterocycles. The molecule has 0 amide bonds. The molecule has 1 aromatic heterocycles. The molecule has 0 radical (unpaired) electrons. The molecule has 0 aliphatic heterocycles. The van der Waals surface area contributed by atoms with Crippen molar-refractivity contribution in [1.82, 2.24) is 5.32 Å². The zero-order valence-electron chi connectivity index (χ0n) is 7.71. The first kappa shape index (κ1) is 12.0. The van der Waals surface area contributed by atoms with Crippen LogP contribution in [-0.4, -0.2) is 12.7 Å². The number of alkyl halides is 3. The molecule has 0 aromatic carbocycles. The van der Waals surface area contributed by atoms with E-state index >= 15 is 0 Å². The Morgan fingerprint density at radius 1 is 1.53 bits per heavy atom. The number of hydrogen-bond donors (Lipinski definition) is 1. The first-order chi connectivity index (χ1) is 7.04. The minimum absolute atomic E-state index is 0.363. The fourth-order valence-corrected chi connectivity index (χ4v) is 1.66. The van der Waals surface area contributed by atoms with Crippen molar-refractivity contribution in [3.8, 4) is 6.07 Å². The highest BCUT2D eigenvalue weighted by molar-refractivity contribution is 7.09. The normalized spacial score (nSPS) is 13.5. The van der Waals surface area contributed by atoms with Crippen molar-refractivity contribution < 1.29 is 13.2 Å². The minimum atomic E-state index is -4.45. The second-order valence-electron chi connectivity index (χ2n) is 2.93. The highest BCUT2D eigenvalue weighted by Gasteiger charge is 2.39. The quantitative estimate of drug-likeness (QED) is 0.869. The maximum absolute atomic E-state index is 12.1. The smallest absolute Gasteiger partial charge is 0.310 e. The van der Waals surface area contributed by atoms with Crippen molar-refractivity contribution in [3.05, 3.63) is 22.4 Å². The first-order valence-electron chi connectivity index (χ1n) is 4.23. The summed E-state index contributed by atoms with van der Waals surface area (Å²) in [6.07, 6.45) is -4.45. The van der Waals surface area contributed by atoms with Crippen molar-refractivity contribution in [2.75, 3.05) is 6.54 Å². The molecule has 0 saturated carbocycles. The van der Waals surface area contributed by atoms with E-state index in [0.717, 1.165) is 4.88 Å². The summed E-state index contributed by atoms with van der Waals surface area (Å²) in [7, 11) is 0. The SMILES string of the molecule is N#CC(CNCc1cccs1)C(F)(F)F. The highest BCUT2D eigenvalue weighted by Crippen LogP contribution is 2.24. The van der Waals surface area contributed by atoms with E-state index in [1.54, 1.807) is 0 Å². The van der Waals surface area contributed by atoms with Gasteiger partial charge < -0.3 is 5.32 Å². The van der Waals surface area contributed by atoms with Crippen LogP contribution in [0.25, 0.3) is 0 Å². The van der Waals surface area contributed by atoms with Gasteiger partial charge in [0.2, 0.25) is 0 Å². The number of nitriles is 1. The van der Waals surface area contributed by atoms with Crippen LogP contribution < -0.4 is 5.32 Å². The van der Waals surface area contributed by atoms with E-state index in [-0.39, 0.29) is 6.54 Å². The van der Waals surface area contributed by atoms with Crippen molar-refractivity contribution in [2.24, 2.45) is 5.92 Å². The number of thiophene rings is 1. The molecule has 0 aliphatic rings. The molecule has 1 atom stereocenters. The van der Waals surface area contributed by atoms with Crippen LogP contribution in [0.5, 0.6) is 0 Å². The standard InChI is InChI=1S/C9H9F3N2S/c10-9(11,12)7(4-13)5-14-6-8-2-1-3-15-8/h1-3,7,14H,5-6H2. The van der Waals surface area contributed by atoms with Crippen LogP contribution >= 0.6 is 11.3 Å². The van der Waals surface area contributed by atoms with Gasteiger partial charge in [0.1, 0.15) is 0 Å². The Morgan fingerprint density at radius 2 is 2.27 bits per heavy atom. The van der Waals surface area contributed by atoms with Crippen LogP contribution in [0.2, 0.25) is 0 Å². The van der Waals surface area contributed by atoms with Gasteiger partial charge in [-0.1, -0.05) is 6.07 Å². The van der Waals surface area contributed by atoms with Gasteiger partial charge in [-0.05, 0) is 11.4 Å².